The Morgan fingerprint density at radius 1 is 1.10 bits per heavy atom. The summed E-state index contributed by atoms with van der Waals surface area (Å²) < 4.78 is 0. The molecule has 0 spiro atoms. The molecule has 1 heteroatoms. The van der Waals surface area contributed by atoms with E-state index < -0.39 is 0 Å². The summed E-state index contributed by atoms with van der Waals surface area (Å²) in [6, 6.07) is 12.5. The van der Waals surface area contributed by atoms with Gasteiger partial charge < -0.3 is 0 Å². The van der Waals surface area contributed by atoms with E-state index in [0.29, 0.717) is 6.04 Å². The maximum absolute atomic E-state index is 2.74. The van der Waals surface area contributed by atoms with Gasteiger partial charge in [0.1, 0.15) is 0 Å². The first-order valence-corrected chi connectivity index (χ1v) is 8.79. The van der Waals surface area contributed by atoms with Crippen LogP contribution < -0.4 is 0 Å². The molecule has 1 aromatic rings. The van der Waals surface area contributed by atoms with Crippen molar-refractivity contribution in [2.24, 2.45) is 5.92 Å². The summed E-state index contributed by atoms with van der Waals surface area (Å²) in [4.78, 5) is 2.74. The molecule has 0 N–H and O–H groups in total. The van der Waals surface area contributed by atoms with E-state index in [2.05, 4.69) is 55.2 Å². The summed E-state index contributed by atoms with van der Waals surface area (Å²) in [7, 11) is 0. The molecule has 114 valence electrons. The lowest BCUT2D eigenvalue weighted by atomic mass is 9.89. The standard InChI is InChI=1S/C20H29N/c1-3-16(4-2)12-18-13-19-10-11-20(14-18)21(19)15-17-8-6-5-7-9-17/h5-9,13,16,19-20H,3-4,10-12,14-15H2,1-2H3. The van der Waals surface area contributed by atoms with Gasteiger partial charge in [-0.15, -0.1) is 0 Å². The summed E-state index contributed by atoms with van der Waals surface area (Å²) in [5.74, 6) is 0.899. The fraction of sp³-hybridized carbons (Fsp3) is 0.600. The molecule has 3 rings (SSSR count). The molecule has 2 bridgehead atoms. The van der Waals surface area contributed by atoms with Crippen molar-refractivity contribution in [3.05, 3.63) is 47.5 Å². The summed E-state index contributed by atoms with van der Waals surface area (Å²) in [6.45, 7) is 5.81. The van der Waals surface area contributed by atoms with Crippen LogP contribution in [0.3, 0.4) is 0 Å². The van der Waals surface area contributed by atoms with E-state index in [1.165, 1.54) is 44.1 Å². The highest BCUT2D eigenvalue weighted by Crippen LogP contribution is 2.38. The Hall–Kier alpha value is -1.08. The number of hydrogen-bond donors (Lipinski definition) is 0. The number of nitrogens with zero attached hydrogens (tertiary/aromatic N) is 1. The Morgan fingerprint density at radius 3 is 2.52 bits per heavy atom. The molecule has 2 heterocycles. The van der Waals surface area contributed by atoms with Gasteiger partial charge in [-0.3, -0.25) is 4.90 Å². The minimum atomic E-state index is 0.702. The molecule has 0 amide bonds. The molecule has 2 aliphatic heterocycles. The third kappa shape index (κ3) is 3.40. The van der Waals surface area contributed by atoms with E-state index in [1.807, 2.05) is 0 Å². The molecule has 2 unspecified atom stereocenters. The van der Waals surface area contributed by atoms with Crippen LogP contribution in [0.1, 0.15) is 57.9 Å². The molecule has 0 aromatic heterocycles. The van der Waals surface area contributed by atoms with Crippen molar-refractivity contribution in [1.82, 2.24) is 4.90 Å². The number of fused-ring (bicyclic) bond motifs is 2. The van der Waals surface area contributed by atoms with Crippen LogP contribution in [0.15, 0.2) is 42.0 Å². The highest BCUT2D eigenvalue weighted by atomic mass is 15.2. The van der Waals surface area contributed by atoms with E-state index in [-0.39, 0.29) is 0 Å². The number of hydrogen-bond acceptors (Lipinski definition) is 1. The fourth-order valence-corrected chi connectivity index (χ4v) is 4.15. The van der Waals surface area contributed by atoms with Crippen LogP contribution in [-0.2, 0) is 6.54 Å². The van der Waals surface area contributed by atoms with Gasteiger partial charge in [0.15, 0.2) is 0 Å². The molecule has 0 radical (unpaired) electrons. The summed E-state index contributed by atoms with van der Waals surface area (Å²) in [5.41, 5.74) is 3.21. The first kappa shape index (κ1) is 14.8. The van der Waals surface area contributed by atoms with Crippen LogP contribution in [0, 0.1) is 5.92 Å². The Labute approximate surface area is 130 Å². The van der Waals surface area contributed by atoms with Crippen LogP contribution in [0.4, 0.5) is 0 Å². The highest BCUT2D eigenvalue weighted by Gasteiger charge is 2.36. The first-order valence-electron chi connectivity index (χ1n) is 8.79. The Balaban J connectivity index is 1.66. The van der Waals surface area contributed by atoms with Gasteiger partial charge in [-0.25, -0.2) is 0 Å². The molecule has 1 fully saturated rings. The second-order valence-electron chi connectivity index (χ2n) is 6.87. The minimum absolute atomic E-state index is 0.702. The van der Waals surface area contributed by atoms with Crippen molar-refractivity contribution in [2.45, 2.75) is 71.0 Å². The average Bonchev–Trinajstić information content (AvgIpc) is 2.75. The molecule has 21 heavy (non-hydrogen) atoms. The van der Waals surface area contributed by atoms with Crippen molar-refractivity contribution in [3.63, 3.8) is 0 Å². The SMILES string of the molecule is CCC(CC)CC1=CC2CCC(C1)N2Cc1ccccc1. The van der Waals surface area contributed by atoms with Gasteiger partial charge in [0.05, 0.1) is 0 Å². The van der Waals surface area contributed by atoms with Crippen LogP contribution >= 0.6 is 0 Å². The van der Waals surface area contributed by atoms with Crippen molar-refractivity contribution in [3.8, 4) is 0 Å². The predicted octanol–water partition coefficient (Wildman–Crippen LogP) is 5.18. The zero-order valence-electron chi connectivity index (χ0n) is 13.6. The summed E-state index contributed by atoms with van der Waals surface area (Å²) in [5, 5.41) is 0. The summed E-state index contributed by atoms with van der Waals surface area (Å²) in [6.07, 6.45) is 10.7. The van der Waals surface area contributed by atoms with Gasteiger partial charge in [0.2, 0.25) is 0 Å². The topological polar surface area (TPSA) is 3.24 Å². The highest BCUT2D eigenvalue weighted by molar-refractivity contribution is 5.21. The van der Waals surface area contributed by atoms with Crippen LogP contribution in [0.25, 0.3) is 0 Å². The average molecular weight is 283 g/mol. The second kappa shape index (κ2) is 6.79. The normalized spacial score (nSPS) is 25.4. The van der Waals surface area contributed by atoms with Crippen LogP contribution in [-0.4, -0.2) is 17.0 Å². The largest absolute Gasteiger partial charge is 0.289 e. The Bertz CT molecular complexity index is 472. The second-order valence-corrected chi connectivity index (χ2v) is 6.87. The van der Waals surface area contributed by atoms with Crippen LogP contribution in [0.2, 0.25) is 0 Å². The molecule has 0 saturated carbocycles. The van der Waals surface area contributed by atoms with E-state index >= 15 is 0 Å². The molecular formula is C20H29N. The van der Waals surface area contributed by atoms with Gasteiger partial charge >= 0.3 is 0 Å². The Morgan fingerprint density at radius 2 is 1.86 bits per heavy atom. The van der Waals surface area contributed by atoms with Crippen molar-refractivity contribution in [1.29, 1.82) is 0 Å². The van der Waals surface area contributed by atoms with E-state index in [9.17, 15) is 0 Å². The predicted molar refractivity (Wildman–Crippen MR) is 90.2 cm³/mol. The smallest absolute Gasteiger partial charge is 0.0288 e. The lowest BCUT2D eigenvalue weighted by Gasteiger charge is -2.35. The van der Waals surface area contributed by atoms with E-state index in [1.54, 1.807) is 5.57 Å². The third-order valence-corrected chi connectivity index (χ3v) is 5.53. The first-order chi connectivity index (χ1) is 10.3. The molecule has 2 atom stereocenters. The molecule has 1 saturated heterocycles. The van der Waals surface area contributed by atoms with Gasteiger partial charge in [0.25, 0.3) is 0 Å². The molecular weight excluding hydrogens is 254 g/mol. The molecule has 1 aromatic carbocycles. The zero-order valence-corrected chi connectivity index (χ0v) is 13.6. The maximum Gasteiger partial charge on any atom is 0.0288 e. The molecule has 2 aliphatic rings. The molecule has 0 aliphatic carbocycles. The quantitative estimate of drug-likeness (QED) is 0.650. The lowest BCUT2D eigenvalue weighted by molar-refractivity contribution is 0.192. The van der Waals surface area contributed by atoms with Gasteiger partial charge in [0, 0.05) is 18.6 Å². The third-order valence-electron chi connectivity index (χ3n) is 5.53. The monoisotopic (exact) mass is 283 g/mol. The van der Waals surface area contributed by atoms with Crippen molar-refractivity contribution < 1.29 is 0 Å². The Kier molecular flexibility index (Phi) is 4.80. The minimum Gasteiger partial charge on any atom is -0.289 e. The zero-order chi connectivity index (χ0) is 14.7. The van der Waals surface area contributed by atoms with Crippen molar-refractivity contribution >= 4 is 0 Å². The lowest BCUT2D eigenvalue weighted by Crippen LogP contribution is -2.38. The van der Waals surface area contributed by atoms with Crippen LogP contribution in [0.5, 0.6) is 0 Å². The summed E-state index contributed by atoms with van der Waals surface area (Å²) >= 11 is 0. The number of rotatable bonds is 6. The van der Waals surface area contributed by atoms with E-state index in [0.717, 1.165) is 18.5 Å². The number of benzene rings is 1. The van der Waals surface area contributed by atoms with Gasteiger partial charge in [-0.05, 0) is 37.2 Å². The fourth-order valence-electron chi connectivity index (χ4n) is 4.15. The van der Waals surface area contributed by atoms with Gasteiger partial charge in [-0.2, -0.15) is 0 Å². The van der Waals surface area contributed by atoms with Crippen molar-refractivity contribution in [2.75, 3.05) is 0 Å². The van der Waals surface area contributed by atoms with Gasteiger partial charge in [-0.1, -0.05) is 68.7 Å². The molecule has 1 nitrogen and oxygen atoms in total. The van der Waals surface area contributed by atoms with E-state index in [4.69, 9.17) is 0 Å². The maximum atomic E-state index is 2.74.